The predicted molar refractivity (Wildman–Crippen MR) is 79.6 cm³/mol. The average molecular weight is 319 g/mol. The van der Waals surface area contributed by atoms with Gasteiger partial charge in [0.2, 0.25) is 10.0 Å². The number of hydrogen-bond acceptors (Lipinski definition) is 4. The van der Waals surface area contributed by atoms with Gasteiger partial charge in [-0.25, -0.2) is 13.2 Å². The van der Waals surface area contributed by atoms with Crippen molar-refractivity contribution in [3.8, 4) is 0 Å². The fraction of sp³-hybridized carbons (Fsp3) is 0.923. The molecule has 0 spiro atoms. The summed E-state index contributed by atoms with van der Waals surface area (Å²) in [6.07, 6.45) is 2.19. The lowest BCUT2D eigenvalue weighted by molar-refractivity contribution is 0.147. The second-order valence-electron chi connectivity index (χ2n) is 5.45. The number of sulfonamides is 1. The number of carbonyl (C=O) groups excluding carboxylic acids is 1. The molecule has 8 heteroatoms. The molecule has 2 aliphatic heterocycles. The average Bonchev–Trinajstić information content (AvgIpc) is 2.90. The molecule has 1 atom stereocenters. The number of nitrogens with zero attached hydrogens (tertiary/aromatic N) is 2. The molecule has 122 valence electrons. The fourth-order valence-corrected chi connectivity index (χ4v) is 4.43. The summed E-state index contributed by atoms with van der Waals surface area (Å²) in [6.45, 7) is 5.27. The number of ether oxygens (including phenoxy) is 1. The Kier molecular flexibility index (Phi) is 5.83. The topological polar surface area (TPSA) is 79.0 Å². The van der Waals surface area contributed by atoms with Gasteiger partial charge in [0.15, 0.2) is 0 Å². The largest absolute Gasteiger partial charge is 0.382 e. The maximum atomic E-state index is 12.3. The first kappa shape index (κ1) is 16.5. The summed E-state index contributed by atoms with van der Waals surface area (Å²) in [5, 5.41) is 2.77. The van der Waals surface area contributed by atoms with E-state index >= 15 is 0 Å². The Morgan fingerprint density at radius 1 is 1.38 bits per heavy atom. The second kappa shape index (κ2) is 7.42. The first-order valence-corrected chi connectivity index (χ1v) is 9.25. The molecule has 1 unspecified atom stereocenters. The molecule has 2 rings (SSSR count). The van der Waals surface area contributed by atoms with Crippen LogP contribution in [0.4, 0.5) is 4.79 Å². The van der Waals surface area contributed by atoms with Crippen LogP contribution in [0.15, 0.2) is 0 Å². The van der Waals surface area contributed by atoms with Crippen LogP contribution in [0, 0.1) is 0 Å². The Balaban J connectivity index is 1.89. The van der Waals surface area contributed by atoms with Gasteiger partial charge in [0, 0.05) is 45.4 Å². The van der Waals surface area contributed by atoms with Crippen LogP contribution in [-0.2, 0) is 14.8 Å². The van der Waals surface area contributed by atoms with E-state index in [0.717, 1.165) is 12.8 Å². The standard InChI is InChI=1S/C13H25N3O4S/c1-2-20-9-4-10-21(18,19)15-7-3-5-12(11-15)16-8-6-14-13(16)17/h12H,2-11H2,1H3,(H,14,17). The van der Waals surface area contributed by atoms with Gasteiger partial charge >= 0.3 is 6.03 Å². The van der Waals surface area contributed by atoms with E-state index in [1.165, 1.54) is 0 Å². The van der Waals surface area contributed by atoms with E-state index in [4.69, 9.17) is 4.74 Å². The molecule has 2 amide bonds. The number of amides is 2. The summed E-state index contributed by atoms with van der Waals surface area (Å²) in [4.78, 5) is 13.5. The van der Waals surface area contributed by atoms with Crippen LogP contribution in [0.1, 0.15) is 26.2 Å². The maximum absolute atomic E-state index is 12.3. The normalized spacial score (nSPS) is 24.3. The summed E-state index contributed by atoms with van der Waals surface area (Å²) in [6, 6.07) is -0.0708. The van der Waals surface area contributed by atoms with Crippen LogP contribution < -0.4 is 5.32 Å². The van der Waals surface area contributed by atoms with Crippen molar-refractivity contribution in [1.82, 2.24) is 14.5 Å². The number of urea groups is 1. The molecule has 0 aliphatic carbocycles. The lowest BCUT2D eigenvalue weighted by atomic mass is 10.1. The minimum absolute atomic E-state index is 0.00270. The highest BCUT2D eigenvalue weighted by Crippen LogP contribution is 2.20. The molecule has 0 bridgehead atoms. The van der Waals surface area contributed by atoms with Crippen molar-refractivity contribution >= 4 is 16.1 Å². The Bertz CT molecular complexity index is 454. The SMILES string of the molecule is CCOCCCS(=O)(=O)N1CCCC(N2CCNC2=O)C1. The van der Waals surface area contributed by atoms with Crippen molar-refractivity contribution in [3.05, 3.63) is 0 Å². The number of rotatable bonds is 7. The highest BCUT2D eigenvalue weighted by atomic mass is 32.2. The van der Waals surface area contributed by atoms with Gasteiger partial charge in [0.25, 0.3) is 0 Å². The van der Waals surface area contributed by atoms with Gasteiger partial charge in [-0.2, -0.15) is 4.31 Å². The summed E-state index contributed by atoms with van der Waals surface area (Å²) >= 11 is 0. The minimum Gasteiger partial charge on any atom is -0.382 e. The summed E-state index contributed by atoms with van der Waals surface area (Å²) in [5.41, 5.74) is 0. The zero-order valence-corrected chi connectivity index (χ0v) is 13.4. The van der Waals surface area contributed by atoms with Gasteiger partial charge < -0.3 is 15.0 Å². The Hall–Kier alpha value is -0.860. The van der Waals surface area contributed by atoms with E-state index in [-0.39, 0.29) is 17.8 Å². The van der Waals surface area contributed by atoms with E-state index < -0.39 is 10.0 Å². The maximum Gasteiger partial charge on any atom is 0.317 e. The molecule has 2 saturated heterocycles. The van der Waals surface area contributed by atoms with Gasteiger partial charge in [0.05, 0.1) is 5.75 Å². The molecule has 0 saturated carbocycles. The first-order chi connectivity index (χ1) is 10.0. The quantitative estimate of drug-likeness (QED) is 0.682. The summed E-state index contributed by atoms with van der Waals surface area (Å²) < 4.78 is 31.4. The van der Waals surface area contributed by atoms with Crippen molar-refractivity contribution in [2.45, 2.75) is 32.2 Å². The van der Waals surface area contributed by atoms with Crippen LogP contribution in [-0.4, -0.2) is 74.8 Å². The van der Waals surface area contributed by atoms with E-state index in [2.05, 4.69) is 5.32 Å². The molecular formula is C13H25N3O4S. The minimum atomic E-state index is -3.25. The van der Waals surface area contributed by atoms with E-state index in [1.807, 2.05) is 6.92 Å². The predicted octanol–water partition coefficient (Wildman–Crippen LogP) is 0.232. The monoisotopic (exact) mass is 319 g/mol. The number of nitrogens with one attached hydrogen (secondary N) is 1. The molecule has 2 fully saturated rings. The van der Waals surface area contributed by atoms with Gasteiger partial charge in [-0.05, 0) is 26.2 Å². The summed E-state index contributed by atoms with van der Waals surface area (Å²) in [7, 11) is -3.25. The third-order valence-electron chi connectivity index (χ3n) is 3.98. The van der Waals surface area contributed by atoms with Gasteiger partial charge in [-0.15, -0.1) is 0 Å². The van der Waals surface area contributed by atoms with Crippen molar-refractivity contribution < 1.29 is 17.9 Å². The lowest BCUT2D eigenvalue weighted by Gasteiger charge is -2.36. The molecule has 2 aliphatic rings. The molecule has 7 nitrogen and oxygen atoms in total. The molecule has 1 N–H and O–H groups in total. The molecule has 0 radical (unpaired) electrons. The molecule has 21 heavy (non-hydrogen) atoms. The van der Waals surface area contributed by atoms with Crippen molar-refractivity contribution in [2.75, 3.05) is 45.1 Å². The zero-order valence-electron chi connectivity index (χ0n) is 12.6. The Morgan fingerprint density at radius 3 is 2.86 bits per heavy atom. The van der Waals surface area contributed by atoms with Crippen molar-refractivity contribution in [1.29, 1.82) is 0 Å². The van der Waals surface area contributed by atoms with Crippen LogP contribution in [0.2, 0.25) is 0 Å². The Labute approximate surface area is 126 Å². The van der Waals surface area contributed by atoms with Crippen LogP contribution in [0.5, 0.6) is 0 Å². The first-order valence-electron chi connectivity index (χ1n) is 7.64. The van der Waals surface area contributed by atoms with Crippen LogP contribution >= 0.6 is 0 Å². The van der Waals surface area contributed by atoms with E-state index in [1.54, 1.807) is 9.21 Å². The molecule has 0 aromatic rings. The molecular weight excluding hydrogens is 294 g/mol. The lowest BCUT2D eigenvalue weighted by Crippen LogP contribution is -2.51. The number of piperidine rings is 1. The highest BCUT2D eigenvalue weighted by molar-refractivity contribution is 7.89. The third-order valence-corrected chi connectivity index (χ3v) is 5.90. The number of carbonyl (C=O) groups is 1. The van der Waals surface area contributed by atoms with Crippen LogP contribution in [0.3, 0.4) is 0 Å². The number of hydrogen-bond donors (Lipinski definition) is 1. The second-order valence-corrected chi connectivity index (χ2v) is 7.53. The third kappa shape index (κ3) is 4.31. The zero-order chi connectivity index (χ0) is 15.3. The van der Waals surface area contributed by atoms with E-state index in [0.29, 0.717) is 45.8 Å². The molecule has 0 aromatic carbocycles. The fourth-order valence-electron chi connectivity index (χ4n) is 2.88. The molecule has 2 heterocycles. The van der Waals surface area contributed by atoms with Gasteiger partial charge in [-0.1, -0.05) is 0 Å². The van der Waals surface area contributed by atoms with Crippen molar-refractivity contribution in [3.63, 3.8) is 0 Å². The van der Waals surface area contributed by atoms with Gasteiger partial charge in [0.1, 0.15) is 0 Å². The molecule has 0 aromatic heterocycles. The van der Waals surface area contributed by atoms with E-state index in [9.17, 15) is 13.2 Å². The highest BCUT2D eigenvalue weighted by Gasteiger charge is 2.34. The summed E-state index contributed by atoms with van der Waals surface area (Å²) in [5.74, 6) is 0.117. The van der Waals surface area contributed by atoms with Crippen LogP contribution in [0.25, 0.3) is 0 Å². The Morgan fingerprint density at radius 2 is 2.19 bits per heavy atom. The smallest absolute Gasteiger partial charge is 0.317 e. The van der Waals surface area contributed by atoms with Crippen molar-refractivity contribution in [2.24, 2.45) is 0 Å². The van der Waals surface area contributed by atoms with Gasteiger partial charge in [-0.3, -0.25) is 0 Å².